The lowest BCUT2D eigenvalue weighted by Crippen LogP contribution is -2.28. The summed E-state index contributed by atoms with van der Waals surface area (Å²) in [6.07, 6.45) is -4.83. The molecule has 24 heavy (non-hydrogen) atoms. The Balaban J connectivity index is 1.97. The van der Waals surface area contributed by atoms with Crippen LogP contribution in [-0.4, -0.2) is 13.1 Å². The number of hydrogen-bond acceptors (Lipinski definition) is 2. The fourth-order valence-electron chi connectivity index (χ4n) is 1.92. The highest BCUT2D eigenvalue weighted by Gasteiger charge is 2.34. The first-order chi connectivity index (χ1) is 11.3. The van der Waals surface area contributed by atoms with Crippen molar-refractivity contribution in [3.05, 3.63) is 59.4 Å². The van der Waals surface area contributed by atoms with Gasteiger partial charge < -0.3 is 15.4 Å². The molecule has 0 atom stereocenters. The Bertz CT molecular complexity index is 715. The third-order valence-corrected chi connectivity index (χ3v) is 3.14. The molecular weight excluding hydrogens is 328 g/mol. The molecule has 2 rings (SSSR count). The van der Waals surface area contributed by atoms with E-state index in [1.165, 1.54) is 7.11 Å². The highest BCUT2D eigenvalue weighted by atomic mass is 19.4. The van der Waals surface area contributed by atoms with Crippen LogP contribution < -0.4 is 15.4 Å². The van der Waals surface area contributed by atoms with Gasteiger partial charge in [0.15, 0.2) is 0 Å². The number of methoxy groups -OCH3 is 1. The molecule has 4 nitrogen and oxygen atoms in total. The Labute approximate surface area is 135 Å². The molecule has 2 aromatic carbocycles. The summed E-state index contributed by atoms with van der Waals surface area (Å²) in [5, 5.41) is 4.72. The van der Waals surface area contributed by atoms with Gasteiger partial charge in [-0.25, -0.2) is 9.18 Å². The number of carbonyl (C=O) groups is 1. The minimum Gasteiger partial charge on any atom is -0.497 e. The molecule has 128 valence electrons. The van der Waals surface area contributed by atoms with Crippen molar-refractivity contribution < 1.29 is 27.1 Å². The number of hydrogen-bond donors (Lipinski definition) is 2. The van der Waals surface area contributed by atoms with Gasteiger partial charge in [-0.15, -0.1) is 0 Å². The Morgan fingerprint density at radius 1 is 1.12 bits per heavy atom. The molecule has 0 radical (unpaired) electrons. The van der Waals surface area contributed by atoms with Crippen LogP contribution >= 0.6 is 0 Å². The smallest absolute Gasteiger partial charge is 0.419 e. The van der Waals surface area contributed by atoms with Crippen molar-refractivity contribution in [3.8, 4) is 5.75 Å². The fraction of sp³-hybridized carbons (Fsp3) is 0.188. The second kappa shape index (κ2) is 7.20. The molecule has 0 spiro atoms. The molecule has 0 aliphatic rings. The number of carbonyl (C=O) groups excluding carboxylic acids is 1. The number of nitrogens with one attached hydrogen (secondary N) is 2. The van der Waals surface area contributed by atoms with Crippen molar-refractivity contribution in [2.75, 3.05) is 12.4 Å². The second-order valence-electron chi connectivity index (χ2n) is 4.85. The molecular formula is C16H14F4N2O2. The van der Waals surface area contributed by atoms with Crippen molar-refractivity contribution in [2.45, 2.75) is 12.7 Å². The summed E-state index contributed by atoms with van der Waals surface area (Å²) in [6.45, 7) is 0.170. The first-order valence-electron chi connectivity index (χ1n) is 6.84. The average molecular weight is 342 g/mol. The second-order valence-corrected chi connectivity index (χ2v) is 4.85. The molecule has 0 bridgehead atoms. The van der Waals surface area contributed by atoms with Crippen molar-refractivity contribution in [1.82, 2.24) is 5.32 Å². The van der Waals surface area contributed by atoms with Crippen molar-refractivity contribution >= 4 is 11.7 Å². The van der Waals surface area contributed by atoms with E-state index in [1.807, 2.05) is 0 Å². The largest absolute Gasteiger partial charge is 0.497 e. The number of halogens is 4. The minimum absolute atomic E-state index is 0.157. The SMILES string of the molecule is COc1ccc(CNC(=O)Nc2ccc(F)c(C(F)(F)F)c2)cc1. The van der Waals surface area contributed by atoms with Crippen molar-refractivity contribution in [1.29, 1.82) is 0 Å². The first kappa shape index (κ1) is 17.6. The Kier molecular flexibility index (Phi) is 5.28. The number of alkyl halides is 3. The maximum absolute atomic E-state index is 13.2. The van der Waals surface area contributed by atoms with Crippen LogP contribution in [0.5, 0.6) is 5.75 Å². The predicted molar refractivity (Wildman–Crippen MR) is 80.3 cm³/mol. The normalized spacial score (nSPS) is 11.0. The van der Waals surface area contributed by atoms with Crippen molar-refractivity contribution in [2.24, 2.45) is 0 Å². The van der Waals surface area contributed by atoms with Crippen LogP contribution in [0.15, 0.2) is 42.5 Å². The number of anilines is 1. The van der Waals surface area contributed by atoms with Gasteiger partial charge in [0.1, 0.15) is 11.6 Å². The van der Waals surface area contributed by atoms with E-state index in [0.29, 0.717) is 17.9 Å². The van der Waals surface area contributed by atoms with E-state index in [-0.39, 0.29) is 12.2 Å². The van der Waals surface area contributed by atoms with Crippen LogP contribution in [-0.2, 0) is 12.7 Å². The lowest BCUT2D eigenvalue weighted by Gasteiger charge is -2.12. The van der Waals surface area contributed by atoms with Gasteiger partial charge in [0, 0.05) is 12.2 Å². The Morgan fingerprint density at radius 3 is 2.38 bits per heavy atom. The van der Waals surface area contributed by atoms with Crippen LogP contribution in [0.25, 0.3) is 0 Å². The molecule has 0 unspecified atom stereocenters. The first-order valence-corrected chi connectivity index (χ1v) is 6.84. The van der Waals surface area contributed by atoms with Crippen molar-refractivity contribution in [3.63, 3.8) is 0 Å². The fourth-order valence-corrected chi connectivity index (χ4v) is 1.92. The van der Waals surface area contributed by atoms with Crippen LogP contribution in [0.3, 0.4) is 0 Å². The zero-order valence-electron chi connectivity index (χ0n) is 12.6. The summed E-state index contributed by atoms with van der Waals surface area (Å²) >= 11 is 0. The molecule has 0 aliphatic carbocycles. The number of benzene rings is 2. The lowest BCUT2D eigenvalue weighted by atomic mass is 10.2. The summed E-state index contributed by atoms with van der Waals surface area (Å²) < 4.78 is 56.0. The maximum atomic E-state index is 13.2. The van der Waals surface area contributed by atoms with Crippen LogP contribution in [0.1, 0.15) is 11.1 Å². The van der Waals surface area contributed by atoms with E-state index in [1.54, 1.807) is 24.3 Å². The van der Waals surface area contributed by atoms with Crippen LogP contribution in [0, 0.1) is 5.82 Å². The summed E-state index contributed by atoms with van der Waals surface area (Å²) in [5.74, 6) is -0.735. The Morgan fingerprint density at radius 2 is 1.79 bits per heavy atom. The number of ether oxygens (including phenoxy) is 1. The van der Waals surface area contributed by atoms with Gasteiger partial charge >= 0.3 is 12.2 Å². The molecule has 0 aliphatic heterocycles. The van der Waals surface area contributed by atoms with E-state index in [9.17, 15) is 22.4 Å². The maximum Gasteiger partial charge on any atom is 0.419 e. The number of urea groups is 1. The molecule has 2 aromatic rings. The van der Waals surface area contributed by atoms with Gasteiger partial charge in [-0.3, -0.25) is 0 Å². The molecule has 0 saturated carbocycles. The van der Waals surface area contributed by atoms with Gasteiger partial charge in [0.05, 0.1) is 12.7 Å². The van der Waals surface area contributed by atoms with E-state index in [2.05, 4.69) is 10.6 Å². The number of rotatable bonds is 4. The van der Waals surface area contributed by atoms with Gasteiger partial charge in [-0.2, -0.15) is 13.2 Å². The average Bonchev–Trinajstić information content (AvgIpc) is 2.54. The summed E-state index contributed by atoms with van der Waals surface area (Å²) in [4.78, 5) is 11.7. The van der Waals surface area contributed by atoms with E-state index < -0.39 is 23.6 Å². The third-order valence-electron chi connectivity index (χ3n) is 3.14. The zero-order chi connectivity index (χ0) is 17.7. The van der Waals surface area contributed by atoms with Gasteiger partial charge in [-0.05, 0) is 35.9 Å². The molecule has 0 aromatic heterocycles. The lowest BCUT2D eigenvalue weighted by molar-refractivity contribution is -0.139. The monoisotopic (exact) mass is 342 g/mol. The summed E-state index contributed by atoms with van der Waals surface area (Å²) in [6, 6.07) is 8.44. The predicted octanol–water partition coefficient (Wildman–Crippen LogP) is 4.17. The zero-order valence-corrected chi connectivity index (χ0v) is 12.6. The van der Waals surface area contributed by atoms with E-state index in [0.717, 1.165) is 11.6 Å². The van der Waals surface area contributed by atoms with Gasteiger partial charge in [0.25, 0.3) is 0 Å². The summed E-state index contributed by atoms with van der Waals surface area (Å²) in [7, 11) is 1.53. The molecule has 0 saturated heterocycles. The topological polar surface area (TPSA) is 50.4 Å². The highest BCUT2D eigenvalue weighted by Crippen LogP contribution is 2.32. The van der Waals surface area contributed by atoms with Gasteiger partial charge in [-0.1, -0.05) is 12.1 Å². The third kappa shape index (κ3) is 4.61. The molecule has 0 fully saturated rings. The highest BCUT2D eigenvalue weighted by molar-refractivity contribution is 5.89. The Hall–Kier alpha value is -2.77. The van der Waals surface area contributed by atoms with Crippen LogP contribution in [0.4, 0.5) is 28.0 Å². The molecule has 0 heterocycles. The summed E-state index contributed by atoms with van der Waals surface area (Å²) in [5.41, 5.74) is -0.813. The standard InChI is InChI=1S/C16H14F4N2O2/c1-24-12-5-2-10(3-6-12)9-21-15(23)22-11-4-7-14(17)13(8-11)16(18,19)20/h2-8H,9H2,1H3,(H2,21,22,23). The molecule has 2 amide bonds. The van der Waals surface area contributed by atoms with E-state index in [4.69, 9.17) is 4.74 Å². The quantitative estimate of drug-likeness (QED) is 0.819. The minimum atomic E-state index is -4.83. The molecule has 2 N–H and O–H groups in total. The molecule has 8 heteroatoms. The van der Waals surface area contributed by atoms with Gasteiger partial charge in [0.2, 0.25) is 0 Å². The van der Waals surface area contributed by atoms with Crippen LogP contribution in [0.2, 0.25) is 0 Å². The number of amides is 2. The van der Waals surface area contributed by atoms with E-state index >= 15 is 0 Å².